The zero-order valence-corrected chi connectivity index (χ0v) is 18.2. The Kier molecular flexibility index (Phi) is 6.95. The fourth-order valence-corrected chi connectivity index (χ4v) is 4.98. The largest absolute Gasteiger partial charge is 0.352 e. The van der Waals surface area contributed by atoms with Crippen molar-refractivity contribution in [3.63, 3.8) is 0 Å². The molecule has 0 spiro atoms. The third-order valence-electron chi connectivity index (χ3n) is 6.22. The van der Waals surface area contributed by atoms with Crippen LogP contribution in [-0.4, -0.2) is 67.9 Å². The number of carbonyl (C=O) groups is 1. The van der Waals surface area contributed by atoms with Crippen LogP contribution in [-0.2, 0) is 20.7 Å². The van der Waals surface area contributed by atoms with Gasteiger partial charge in [-0.15, -0.1) is 0 Å². The highest BCUT2D eigenvalue weighted by atomic mass is 79.9. The molecule has 2 atom stereocenters. The number of likely N-dealkylation sites (N-methyl/N-ethyl adjacent to an activating group) is 1. The molecule has 1 aromatic carbocycles. The molecule has 0 N–H and O–H groups in total. The van der Waals surface area contributed by atoms with Gasteiger partial charge in [0.1, 0.15) is 0 Å². The predicted molar refractivity (Wildman–Crippen MR) is 110 cm³/mol. The highest BCUT2D eigenvalue weighted by Crippen LogP contribution is 2.39. The molecule has 150 valence electrons. The Labute approximate surface area is 171 Å². The van der Waals surface area contributed by atoms with Gasteiger partial charge in [-0.05, 0) is 56.5 Å². The summed E-state index contributed by atoms with van der Waals surface area (Å²) in [5.41, 5.74) is 1.04. The molecule has 1 saturated heterocycles. The third-order valence-corrected chi connectivity index (χ3v) is 6.75. The zero-order chi connectivity index (χ0) is 19.4. The Morgan fingerprint density at radius 1 is 1.19 bits per heavy atom. The third kappa shape index (κ3) is 4.39. The summed E-state index contributed by atoms with van der Waals surface area (Å²) in [6.07, 6.45) is 5.66. The fraction of sp³-hybridized carbons (Fsp3) is 0.667. The molecule has 1 aromatic rings. The highest BCUT2D eigenvalue weighted by molar-refractivity contribution is 9.10. The fourth-order valence-electron chi connectivity index (χ4n) is 4.72. The van der Waals surface area contributed by atoms with Gasteiger partial charge in [-0.3, -0.25) is 9.69 Å². The average molecular weight is 439 g/mol. The first-order chi connectivity index (χ1) is 13.0. The van der Waals surface area contributed by atoms with Gasteiger partial charge in [0.05, 0.1) is 18.5 Å². The number of halogens is 1. The van der Waals surface area contributed by atoms with Crippen LogP contribution < -0.4 is 0 Å². The van der Waals surface area contributed by atoms with Crippen LogP contribution >= 0.6 is 15.9 Å². The molecule has 1 amide bonds. The van der Waals surface area contributed by atoms with E-state index in [1.54, 1.807) is 14.2 Å². The molecule has 1 heterocycles. The Morgan fingerprint density at radius 3 is 2.41 bits per heavy atom. The minimum Gasteiger partial charge on any atom is -0.352 e. The zero-order valence-electron chi connectivity index (χ0n) is 16.6. The minimum atomic E-state index is -0.639. The van der Waals surface area contributed by atoms with Crippen LogP contribution in [0.4, 0.5) is 0 Å². The van der Waals surface area contributed by atoms with E-state index in [9.17, 15) is 4.79 Å². The number of carbonyl (C=O) groups excluding carboxylic acids is 1. The van der Waals surface area contributed by atoms with Crippen molar-refractivity contribution in [1.82, 2.24) is 9.80 Å². The maximum absolute atomic E-state index is 13.1. The molecule has 27 heavy (non-hydrogen) atoms. The lowest BCUT2D eigenvalue weighted by Crippen LogP contribution is -2.66. The van der Waals surface area contributed by atoms with E-state index in [0.29, 0.717) is 6.42 Å². The van der Waals surface area contributed by atoms with Crippen molar-refractivity contribution in [3.8, 4) is 0 Å². The molecule has 0 radical (unpaired) electrons. The van der Waals surface area contributed by atoms with Crippen LogP contribution in [0.2, 0.25) is 0 Å². The number of nitrogens with zero attached hydrogens (tertiary/aromatic N) is 2. The van der Waals surface area contributed by atoms with Gasteiger partial charge in [-0.25, -0.2) is 0 Å². The van der Waals surface area contributed by atoms with Crippen molar-refractivity contribution in [2.24, 2.45) is 0 Å². The molecule has 2 unspecified atom stereocenters. The molecule has 2 aliphatic rings. The van der Waals surface area contributed by atoms with Crippen LogP contribution in [0.5, 0.6) is 0 Å². The van der Waals surface area contributed by atoms with Crippen LogP contribution in [0.25, 0.3) is 0 Å². The molecule has 3 rings (SSSR count). The van der Waals surface area contributed by atoms with E-state index in [1.807, 2.05) is 36.2 Å². The summed E-state index contributed by atoms with van der Waals surface area (Å²) in [6, 6.07) is 8.14. The van der Waals surface area contributed by atoms with E-state index in [1.165, 1.54) is 12.8 Å². The van der Waals surface area contributed by atoms with E-state index in [-0.39, 0.29) is 18.0 Å². The second kappa shape index (κ2) is 9.03. The lowest BCUT2D eigenvalue weighted by atomic mass is 9.82. The van der Waals surface area contributed by atoms with Crippen molar-refractivity contribution in [3.05, 3.63) is 34.3 Å². The number of hydrogen-bond donors (Lipinski definition) is 0. The van der Waals surface area contributed by atoms with Gasteiger partial charge in [-0.1, -0.05) is 28.1 Å². The van der Waals surface area contributed by atoms with Crippen molar-refractivity contribution < 1.29 is 14.3 Å². The summed E-state index contributed by atoms with van der Waals surface area (Å²) in [6.45, 7) is 2.09. The summed E-state index contributed by atoms with van der Waals surface area (Å²) >= 11 is 3.45. The number of ether oxygens (including phenoxy) is 2. The smallest absolute Gasteiger partial charge is 0.227 e. The van der Waals surface area contributed by atoms with E-state index in [4.69, 9.17) is 9.47 Å². The van der Waals surface area contributed by atoms with Crippen molar-refractivity contribution >= 4 is 21.8 Å². The first kappa shape index (κ1) is 20.8. The lowest BCUT2D eigenvalue weighted by molar-refractivity contribution is -0.266. The number of likely N-dealkylation sites (tertiary alicyclic amines) is 1. The standard InChI is InChI=1S/C21H31BrN2O3/c1-23(19(25)15-16-8-10-17(22)11-9-16)18-7-6-12-21(26-2,27-3)20(18)24-13-4-5-14-24/h8-11,18,20H,4-7,12-15H2,1-3H3. The van der Waals surface area contributed by atoms with Crippen LogP contribution in [0.15, 0.2) is 28.7 Å². The summed E-state index contributed by atoms with van der Waals surface area (Å²) < 4.78 is 12.9. The SMILES string of the molecule is COC1(OC)CCCC(N(C)C(=O)Cc2ccc(Br)cc2)C1N1CCCC1. The Morgan fingerprint density at radius 2 is 1.81 bits per heavy atom. The van der Waals surface area contributed by atoms with Gasteiger partial charge < -0.3 is 14.4 Å². The molecule has 2 fully saturated rings. The maximum Gasteiger partial charge on any atom is 0.227 e. The van der Waals surface area contributed by atoms with Crippen molar-refractivity contribution in [2.75, 3.05) is 34.4 Å². The molecular weight excluding hydrogens is 408 g/mol. The van der Waals surface area contributed by atoms with E-state index in [0.717, 1.165) is 42.4 Å². The molecule has 0 bridgehead atoms. The number of methoxy groups -OCH3 is 2. The summed E-state index contributed by atoms with van der Waals surface area (Å²) in [5, 5.41) is 0. The molecule has 1 saturated carbocycles. The number of rotatable bonds is 6. The summed E-state index contributed by atoms with van der Waals surface area (Å²) in [5.74, 6) is -0.492. The minimum absolute atomic E-state index is 0.0719. The topological polar surface area (TPSA) is 42.0 Å². The molecular formula is C21H31BrN2O3. The van der Waals surface area contributed by atoms with E-state index < -0.39 is 5.79 Å². The number of amides is 1. The average Bonchev–Trinajstić information content (AvgIpc) is 3.22. The quantitative estimate of drug-likeness (QED) is 0.637. The van der Waals surface area contributed by atoms with Gasteiger partial charge in [-0.2, -0.15) is 0 Å². The molecule has 1 aliphatic heterocycles. The Bertz CT molecular complexity index is 627. The van der Waals surface area contributed by atoms with Crippen LogP contribution in [0.1, 0.15) is 37.7 Å². The highest BCUT2D eigenvalue weighted by Gasteiger charge is 2.51. The van der Waals surface area contributed by atoms with Crippen molar-refractivity contribution in [2.45, 2.75) is 56.4 Å². The number of hydrogen-bond acceptors (Lipinski definition) is 4. The number of benzene rings is 1. The maximum atomic E-state index is 13.1. The predicted octanol–water partition coefficient (Wildman–Crippen LogP) is 3.46. The van der Waals surface area contributed by atoms with Gasteiger partial charge in [0.2, 0.25) is 5.91 Å². The van der Waals surface area contributed by atoms with Crippen LogP contribution in [0, 0.1) is 0 Å². The van der Waals surface area contributed by atoms with E-state index >= 15 is 0 Å². The first-order valence-corrected chi connectivity index (χ1v) is 10.6. The molecule has 6 heteroatoms. The lowest BCUT2D eigenvalue weighted by Gasteiger charge is -2.51. The molecule has 5 nitrogen and oxygen atoms in total. The monoisotopic (exact) mass is 438 g/mol. The van der Waals surface area contributed by atoms with Gasteiger partial charge in [0.25, 0.3) is 0 Å². The van der Waals surface area contributed by atoms with Gasteiger partial charge in [0.15, 0.2) is 5.79 Å². The first-order valence-electron chi connectivity index (χ1n) is 9.85. The van der Waals surface area contributed by atoms with Crippen LogP contribution in [0.3, 0.4) is 0 Å². The summed E-state index contributed by atoms with van der Waals surface area (Å²) in [4.78, 5) is 17.5. The normalized spacial score (nSPS) is 25.5. The van der Waals surface area contributed by atoms with Crippen molar-refractivity contribution in [1.29, 1.82) is 0 Å². The molecule has 1 aliphatic carbocycles. The Balaban J connectivity index is 1.80. The summed E-state index contributed by atoms with van der Waals surface area (Å²) in [7, 11) is 5.41. The molecule has 0 aromatic heterocycles. The Hall–Kier alpha value is -0.950. The second-order valence-electron chi connectivity index (χ2n) is 7.68. The van der Waals surface area contributed by atoms with Gasteiger partial charge >= 0.3 is 0 Å². The second-order valence-corrected chi connectivity index (χ2v) is 8.59. The van der Waals surface area contributed by atoms with E-state index in [2.05, 4.69) is 20.8 Å². The van der Waals surface area contributed by atoms with Gasteiger partial charge in [0, 0.05) is 32.2 Å².